The standard InChI is InChI=1S/C24H28ClN5O3/c1-14-8-18(25)10-19(9-14)29-13-17(12-26-29)15(2)22(31)27-21-11-20(16-6-7-16)28-30(21)23(32)33-24(3,4)5/h8-13,15-16H,6-7H2,1-5H3,(H,27,31). The van der Waals surface area contributed by atoms with Gasteiger partial charge in [-0.05, 0) is 71.2 Å². The molecule has 8 nitrogen and oxygen atoms in total. The van der Waals surface area contributed by atoms with Crippen molar-refractivity contribution in [2.45, 2.75) is 64.9 Å². The third kappa shape index (κ3) is 5.45. The Kier molecular flexibility index (Phi) is 6.05. The Bertz CT molecular complexity index is 1180. The van der Waals surface area contributed by atoms with Gasteiger partial charge in [0, 0.05) is 28.8 Å². The van der Waals surface area contributed by atoms with Crippen LogP contribution in [0.4, 0.5) is 10.6 Å². The van der Waals surface area contributed by atoms with E-state index >= 15 is 0 Å². The van der Waals surface area contributed by atoms with Crippen molar-refractivity contribution in [2.24, 2.45) is 0 Å². The quantitative estimate of drug-likeness (QED) is 0.537. The van der Waals surface area contributed by atoms with Gasteiger partial charge in [0.05, 0.1) is 23.5 Å². The van der Waals surface area contributed by atoms with Crippen LogP contribution in [-0.4, -0.2) is 37.2 Å². The first kappa shape index (κ1) is 23.0. The Balaban J connectivity index is 1.53. The van der Waals surface area contributed by atoms with Crippen molar-refractivity contribution in [1.29, 1.82) is 0 Å². The number of hydrogen-bond donors (Lipinski definition) is 1. The van der Waals surface area contributed by atoms with Crippen LogP contribution in [-0.2, 0) is 9.53 Å². The van der Waals surface area contributed by atoms with E-state index in [1.54, 1.807) is 50.8 Å². The highest BCUT2D eigenvalue weighted by Gasteiger charge is 2.31. The lowest BCUT2D eigenvalue weighted by Crippen LogP contribution is -2.29. The van der Waals surface area contributed by atoms with Crippen molar-refractivity contribution in [1.82, 2.24) is 19.6 Å². The second kappa shape index (κ2) is 8.67. The Hall–Kier alpha value is -3.13. The first-order valence-corrected chi connectivity index (χ1v) is 11.3. The molecule has 1 unspecified atom stereocenters. The fraction of sp³-hybridized carbons (Fsp3) is 0.417. The highest BCUT2D eigenvalue weighted by Crippen LogP contribution is 2.40. The van der Waals surface area contributed by atoms with Gasteiger partial charge < -0.3 is 10.1 Å². The number of hydrogen-bond acceptors (Lipinski definition) is 5. The molecule has 1 aromatic carbocycles. The maximum Gasteiger partial charge on any atom is 0.437 e. The molecule has 4 rings (SSSR count). The number of rotatable bonds is 5. The van der Waals surface area contributed by atoms with E-state index in [-0.39, 0.29) is 5.91 Å². The number of nitrogens with zero attached hydrogens (tertiary/aromatic N) is 4. The Labute approximate surface area is 197 Å². The van der Waals surface area contributed by atoms with Crippen LogP contribution in [0.3, 0.4) is 0 Å². The van der Waals surface area contributed by atoms with Crippen LogP contribution in [0.2, 0.25) is 5.02 Å². The fourth-order valence-corrected chi connectivity index (χ4v) is 3.73. The molecule has 1 aliphatic carbocycles. The molecule has 1 amide bonds. The highest BCUT2D eigenvalue weighted by atomic mass is 35.5. The van der Waals surface area contributed by atoms with E-state index in [0.717, 1.165) is 40.0 Å². The molecule has 1 aliphatic rings. The molecular weight excluding hydrogens is 442 g/mol. The summed E-state index contributed by atoms with van der Waals surface area (Å²) < 4.78 is 8.29. The van der Waals surface area contributed by atoms with E-state index in [1.165, 1.54) is 0 Å². The monoisotopic (exact) mass is 469 g/mol. The van der Waals surface area contributed by atoms with Crippen molar-refractivity contribution in [3.63, 3.8) is 0 Å². The number of aromatic nitrogens is 4. The summed E-state index contributed by atoms with van der Waals surface area (Å²) in [6.07, 6.45) is 4.88. The van der Waals surface area contributed by atoms with E-state index in [1.807, 2.05) is 25.1 Å². The Morgan fingerprint density at radius 2 is 1.94 bits per heavy atom. The van der Waals surface area contributed by atoms with Crippen LogP contribution in [0, 0.1) is 6.92 Å². The zero-order valence-corrected chi connectivity index (χ0v) is 20.2. The second-order valence-corrected chi connectivity index (χ2v) is 9.97. The molecule has 9 heteroatoms. The zero-order valence-electron chi connectivity index (χ0n) is 19.4. The molecule has 33 heavy (non-hydrogen) atoms. The molecule has 0 aliphatic heterocycles. The van der Waals surface area contributed by atoms with Crippen molar-refractivity contribution >= 4 is 29.4 Å². The van der Waals surface area contributed by atoms with Gasteiger partial charge >= 0.3 is 6.09 Å². The van der Waals surface area contributed by atoms with Crippen molar-refractivity contribution in [3.8, 4) is 5.69 Å². The molecule has 0 spiro atoms. The third-order valence-corrected chi connectivity index (χ3v) is 5.55. The van der Waals surface area contributed by atoms with Crippen LogP contribution < -0.4 is 5.32 Å². The molecule has 1 atom stereocenters. The minimum Gasteiger partial charge on any atom is -0.442 e. The topological polar surface area (TPSA) is 91.0 Å². The summed E-state index contributed by atoms with van der Waals surface area (Å²) in [4.78, 5) is 25.7. The molecule has 1 N–H and O–H groups in total. The van der Waals surface area contributed by atoms with E-state index in [9.17, 15) is 9.59 Å². The maximum atomic E-state index is 13.1. The number of carbonyl (C=O) groups is 2. The van der Waals surface area contributed by atoms with Gasteiger partial charge in [0.15, 0.2) is 0 Å². The number of carbonyl (C=O) groups excluding carboxylic acids is 2. The van der Waals surface area contributed by atoms with E-state index in [2.05, 4.69) is 15.5 Å². The van der Waals surface area contributed by atoms with Gasteiger partial charge in [-0.15, -0.1) is 4.68 Å². The normalized spacial score (nSPS) is 14.7. The lowest BCUT2D eigenvalue weighted by Gasteiger charge is -2.20. The molecule has 0 bridgehead atoms. The lowest BCUT2D eigenvalue weighted by atomic mass is 10.0. The smallest absolute Gasteiger partial charge is 0.437 e. The van der Waals surface area contributed by atoms with Crippen LogP contribution in [0.15, 0.2) is 36.7 Å². The van der Waals surface area contributed by atoms with Gasteiger partial charge in [-0.2, -0.15) is 10.2 Å². The molecule has 2 heterocycles. The van der Waals surface area contributed by atoms with E-state index in [4.69, 9.17) is 16.3 Å². The van der Waals surface area contributed by atoms with E-state index < -0.39 is 17.6 Å². The minimum absolute atomic E-state index is 0.274. The van der Waals surface area contributed by atoms with Gasteiger partial charge in [-0.3, -0.25) is 4.79 Å². The third-order valence-electron chi connectivity index (χ3n) is 5.33. The minimum atomic E-state index is -0.676. The summed E-state index contributed by atoms with van der Waals surface area (Å²) in [6.45, 7) is 9.11. The predicted octanol–water partition coefficient (Wildman–Crippen LogP) is 5.43. The molecule has 174 valence electrons. The summed E-state index contributed by atoms with van der Waals surface area (Å²) in [7, 11) is 0. The number of amides is 1. The summed E-state index contributed by atoms with van der Waals surface area (Å²) in [5, 5.41) is 12.3. The predicted molar refractivity (Wildman–Crippen MR) is 126 cm³/mol. The zero-order chi connectivity index (χ0) is 23.9. The highest BCUT2D eigenvalue weighted by molar-refractivity contribution is 6.30. The molecule has 1 fully saturated rings. The van der Waals surface area contributed by atoms with Gasteiger partial charge in [-0.1, -0.05) is 11.6 Å². The maximum absolute atomic E-state index is 13.1. The number of nitrogens with one attached hydrogen (secondary N) is 1. The largest absolute Gasteiger partial charge is 0.442 e. The van der Waals surface area contributed by atoms with Gasteiger partial charge in [0.1, 0.15) is 11.4 Å². The van der Waals surface area contributed by atoms with E-state index in [0.29, 0.717) is 16.8 Å². The summed E-state index contributed by atoms with van der Waals surface area (Å²) in [6, 6.07) is 7.40. The second-order valence-electron chi connectivity index (χ2n) is 9.54. The average molecular weight is 470 g/mol. The fourth-order valence-electron chi connectivity index (χ4n) is 3.45. The lowest BCUT2D eigenvalue weighted by molar-refractivity contribution is -0.117. The molecule has 3 aromatic rings. The molecule has 0 radical (unpaired) electrons. The molecule has 1 saturated carbocycles. The number of aryl methyl sites for hydroxylation is 1. The van der Waals surface area contributed by atoms with Gasteiger partial charge in [0.25, 0.3) is 0 Å². The Morgan fingerprint density at radius 3 is 2.58 bits per heavy atom. The number of benzene rings is 1. The number of anilines is 1. The first-order chi connectivity index (χ1) is 15.5. The summed E-state index contributed by atoms with van der Waals surface area (Å²) in [5.41, 5.74) is 2.67. The van der Waals surface area contributed by atoms with Crippen LogP contribution in [0.5, 0.6) is 0 Å². The number of ether oxygens (including phenoxy) is 1. The summed E-state index contributed by atoms with van der Waals surface area (Å²) in [5.74, 6) is -0.156. The van der Waals surface area contributed by atoms with Crippen LogP contribution in [0.1, 0.15) is 69.2 Å². The summed E-state index contributed by atoms with van der Waals surface area (Å²) >= 11 is 6.17. The van der Waals surface area contributed by atoms with Crippen molar-refractivity contribution in [3.05, 3.63) is 58.5 Å². The first-order valence-electron chi connectivity index (χ1n) is 11.0. The van der Waals surface area contributed by atoms with Gasteiger partial charge in [-0.25, -0.2) is 9.48 Å². The van der Waals surface area contributed by atoms with Crippen LogP contribution >= 0.6 is 11.6 Å². The van der Waals surface area contributed by atoms with Crippen LogP contribution in [0.25, 0.3) is 5.69 Å². The molecular formula is C24H28ClN5O3. The molecule has 0 saturated heterocycles. The molecule has 2 aromatic heterocycles. The Morgan fingerprint density at radius 1 is 1.21 bits per heavy atom. The van der Waals surface area contributed by atoms with Gasteiger partial charge in [0.2, 0.25) is 5.91 Å². The van der Waals surface area contributed by atoms with Crippen molar-refractivity contribution in [2.75, 3.05) is 5.32 Å². The SMILES string of the molecule is Cc1cc(Cl)cc(-n2cc(C(C)C(=O)Nc3cc(C4CC4)nn3C(=O)OC(C)(C)C)cn2)c1. The average Bonchev–Trinajstić information content (AvgIpc) is 3.28. The number of halogens is 1. The van der Waals surface area contributed by atoms with Crippen molar-refractivity contribution < 1.29 is 14.3 Å².